The Morgan fingerprint density at radius 3 is 2.78 bits per heavy atom. The zero-order valence-corrected chi connectivity index (χ0v) is 4.97. The van der Waals surface area contributed by atoms with Crippen LogP contribution in [0.2, 0.25) is 0 Å². The van der Waals surface area contributed by atoms with Crippen molar-refractivity contribution in [3.8, 4) is 0 Å². The third kappa shape index (κ3) is 0.660. The molecular weight excluding hydrogens is 121 g/mol. The summed E-state index contributed by atoms with van der Waals surface area (Å²) in [5.74, 6) is 0. The molecule has 1 saturated heterocycles. The molecule has 2 aliphatic heterocycles. The second-order valence-electron chi connectivity index (χ2n) is 2.50. The van der Waals surface area contributed by atoms with E-state index in [-0.39, 0.29) is 0 Å². The molecule has 4 heteroatoms. The number of halogens is 1. The second-order valence-corrected chi connectivity index (χ2v) is 2.50. The van der Waals surface area contributed by atoms with Gasteiger partial charge in [0.1, 0.15) is 0 Å². The molecular formula is C5H8FN3. The number of nitrogens with zero attached hydrogens (tertiary/aromatic N) is 2. The Morgan fingerprint density at radius 2 is 2.33 bits per heavy atom. The largest absolute Gasteiger partial charge is 0.313 e. The molecule has 2 rings (SSSR count). The van der Waals surface area contributed by atoms with E-state index in [0.29, 0.717) is 6.54 Å². The summed E-state index contributed by atoms with van der Waals surface area (Å²) in [5, 5.41) is 10.3. The molecule has 2 aliphatic rings. The first-order valence-corrected chi connectivity index (χ1v) is 3.12. The van der Waals surface area contributed by atoms with Gasteiger partial charge < -0.3 is 5.32 Å². The molecule has 1 N–H and O–H groups in total. The molecule has 0 aromatic heterocycles. The van der Waals surface area contributed by atoms with Crippen LogP contribution in [-0.4, -0.2) is 24.9 Å². The van der Waals surface area contributed by atoms with Crippen molar-refractivity contribution in [3.05, 3.63) is 0 Å². The van der Waals surface area contributed by atoms with Crippen LogP contribution in [0.1, 0.15) is 6.42 Å². The van der Waals surface area contributed by atoms with Gasteiger partial charge in [0.25, 0.3) is 0 Å². The summed E-state index contributed by atoms with van der Waals surface area (Å²) >= 11 is 0. The minimum absolute atomic E-state index is 0.410. The minimum Gasteiger partial charge on any atom is -0.313 e. The maximum atomic E-state index is 12.8. The summed E-state index contributed by atoms with van der Waals surface area (Å²) in [6.07, 6.45) is -0.153. The molecule has 0 bridgehead atoms. The summed E-state index contributed by atoms with van der Waals surface area (Å²) in [5.41, 5.74) is -0.592. The van der Waals surface area contributed by atoms with Crippen LogP contribution in [0, 0.1) is 0 Å². The Labute approximate surface area is 52.3 Å². The highest BCUT2D eigenvalue weighted by Crippen LogP contribution is 2.38. The van der Waals surface area contributed by atoms with Crippen LogP contribution in [-0.2, 0) is 0 Å². The van der Waals surface area contributed by atoms with E-state index in [1.165, 1.54) is 0 Å². The predicted octanol–water partition coefficient (Wildman–Crippen LogP) is 0.480. The van der Waals surface area contributed by atoms with Crippen molar-refractivity contribution in [3.63, 3.8) is 0 Å². The Bertz CT molecular complexity index is 150. The Morgan fingerprint density at radius 1 is 1.56 bits per heavy atom. The highest BCUT2D eigenvalue weighted by Gasteiger charge is 2.50. The SMILES string of the molecule is FC1CNCCC12N=N2. The number of rotatable bonds is 0. The Balaban J connectivity index is 2.04. The molecule has 1 unspecified atom stereocenters. The molecule has 3 nitrogen and oxygen atoms in total. The number of hydrogen-bond donors (Lipinski definition) is 1. The first kappa shape index (κ1) is 5.29. The van der Waals surface area contributed by atoms with Gasteiger partial charge in [-0.25, -0.2) is 4.39 Å². The van der Waals surface area contributed by atoms with Crippen molar-refractivity contribution < 1.29 is 4.39 Å². The highest BCUT2D eigenvalue weighted by molar-refractivity contribution is 5.03. The molecule has 0 aromatic carbocycles. The lowest BCUT2D eigenvalue weighted by atomic mass is 10.0. The van der Waals surface area contributed by atoms with Gasteiger partial charge in [0, 0.05) is 13.0 Å². The van der Waals surface area contributed by atoms with Gasteiger partial charge in [-0.3, -0.25) is 0 Å². The van der Waals surface area contributed by atoms with Gasteiger partial charge in [0.15, 0.2) is 6.17 Å². The van der Waals surface area contributed by atoms with Crippen LogP contribution in [0.4, 0.5) is 4.39 Å². The average Bonchev–Trinajstić information content (AvgIpc) is 2.60. The minimum atomic E-state index is -0.883. The average molecular weight is 129 g/mol. The molecule has 9 heavy (non-hydrogen) atoms. The smallest absolute Gasteiger partial charge is 0.224 e. The van der Waals surface area contributed by atoms with E-state index < -0.39 is 11.8 Å². The fraction of sp³-hybridized carbons (Fsp3) is 1.00. The van der Waals surface area contributed by atoms with Crippen LogP contribution in [0.5, 0.6) is 0 Å². The summed E-state index contributed by atoms with van der Waals surface area (Å²) < 4.78 is 12.8. The van der Waals surface area contributed by atoms with Gasteiger partial charge in [-0.15, -0.1) is 0 Å². The van der Waals surface area contributed by atoms with Crippen LogP contribution in [0.25, 0.3) is 0 Å². The van der Waals surface area contributed by atoms with E-state index >= 15 is 0 Å². The van der Waals surface area contributed by atoms with Crippen molar-refractivity contribution in [1.29, 1.82) is 0 Å². The predicted molar refractivity (Wildman–Crippen MR) is 30.0 cm³/mol. The van der Waals surface area contributed by atoms with Crippen LogP contribution < -0.4 is 5.32 Å². The standard InChI is InChI=1S/C5H8FN3/c6-4-3-7-2-1-5(4)8-9-5/h4,7H,1-3H2. The fourth-order valence-corrected chi connectivity index (χ4v) is 1.11. The van der Waals surface area contributed by atoms with Crippen molar-refractivity contribution in [2.24, 2.45) is 10.2 Å². The van der Waals surface area contributed by atoms with E-state index in [4.69, 9.17) is 0 Å². The van der Waals surface area contributed by atoms with Crippen molar-refractivity contribution in [2.75, 3.05) is 13.1 Å². The fourth-order valence-electron chi connectivity index (χ4n) is 1.11. The van der Waals surface area contributed by atoms with Crippen LogP contribution in [0.3, 0.4) is 0 Å². The molecule has 0 radical (unpaired) electrons. The molecule has 0 aliphatic carbocycles. The first-order chi connectivity index (χ1) is 4.33. The van der Waals surface area contributed by atoms with E-state index in [9.17, 15) is 4.39 Å². The number of nitrogens with one attached hydrogen (secondary N) is 1. The monoisotopic (exact) mass is 129 g/mol. The molecule has 1 spiro atoms. The lowest BCUT2D eigenvalue weighted by molar-refractivity contribution is 0.203. The zero-order valence-electron chi connectivity index (χ0n) is 4.97. The van der Waals surface area contributed by atoms with Crippen LogP contribution >= 0.6 is 0 Å². The van der Waals surface area contributed by atoms with Gasteiger partial charge in [-0.2, -0.15) is 10.2 Å². The zero-order chi connectivity index (χ0) is 6.32. The molecule has 0 amide bonds. The van der Waals surface area contributed by atoms with Crippen molar-refractivity contribution in [2.45, 2.75) is 18.3 Å². The lowest BCUT2D eigenvalue weighted by Gasteiger charge is -2.21. The normalized spacial score (nSPS) is 37.2. The third-order valence-electron chi connectivity index (χ3n) is 1.85. The Hall–Kier alpha value is -0.510. The van der Waals surface area contributed by atoms with E-state index in [1.807, 2.05) is 0 Å². The number of piperidine rings is 1. The van der Waals surface area contributed by atoms with Gasteiger partial charge in [0.2, 0.25) is 5.66 Å². The summed E-state index contributed by atoms with van der Waals surface area (Å²) in [6.45, 7) is 1.25. The van der Waals surface area contributed by atoms with Crippen molar-refractivity contribution in [1.82, 2.24) is 5.32 Å². The highest BCUT2D eigenvalue weighted by atomic mass is 19.1. The van der Waals surface area contributed by atoms with E-state index in [1.54, 1.807) is 0 Å². The maximum Gasteiger partial charge on any atom is 0.224 e. The molecule has 0 saturated carbocycles. The maximum absolute atomic E-state index is 12.8. The first-order valence-electron chi connectivity index (χ1n) is 3.12. The lowest BCUT2D eigenvalue weighted by Crippen LogP contribution is -2.43. The topological polar surface area (TPSA) is 36.8 Å². The van der Waals surface area contributed by atoms with Gasteiger partial charge >= 0.3 is 0 Å². The number of alkyl halides is 1. The number of hydrogen-bond acceptors (Lipinski definition) is 3. The van der Waals surface area contributed by atoms with E-state index in [2.05, 4.69) is 15.5 Å². The second kappa shape index (κ2) is 1.50. The summed E-state index contributed by atoms with van der Waals surface area (Å²) in [6, 6.07) is 0. The molecule has 2 heterocycles. The summed E-state index contributed by atoms with van der Waals surface area (Å²) in [7, 11) is 0. The molecule has 0 aromatic rings. The van der Waals surface area contributed by atoms with E-state index in [0.717, 1.165) is 13.0 Å². The molecule has 1 fully saturated rings. The van der Waals surface area contributed by atoms with Gasteiger partial charge in [-0.1, -0.05) is 0 Å². The molecule has 50 valence electrons. The summed E-state index contributed by atoms with van der Waals surface area (Å²) in [4.78, 5) is 0. The quantitative estimate of drug-likeness (QED) is 0.507. The van der Waals surface area contributed by atoms with Crippen molar-refractivity contribution >= 4 is 0 Å². The van der Waals surface area contributed by atoms with Gasteiger partial charge in [0.05, 0.1) is 0 Å². The third-order valence-corrected chi connectivity index (χ3v) is 1.85. The Kier molecular flexibility index (Phi) is 0.883. The van der Waals surface area contributed by atoms with Gasteiger partial charge in [-0.05, 0) is 6.54 Å². The van der Waals surface area contributed by atoms with Crippen LogP contribution in [0.15, 0.2) is 10.2 Å². The molecule has 1 atom stereocenters.